The first-order valence-electron chi connectivity index (χ1n) is 4.62. The van der Waals surface area contributed by atoms with Gasteiger partial charge in [-0.2, -0.15) is 4.98 Å². The first-order valence-corrected chi connectivity index (χ1v) is 4.62. The third-order valence-corrected chi connectivity index (χ3v) is 2.06. The van der Waals surface area contributed by atoms with Crippen LogP contribution in [0.15, 0.2) is 22.7 Å². The molecule has 2 N–H and O–H groups in total. The van der Waals surface area contributed by atoms with E-state index >= 15 is 0 Å². The lowest BCUT2D eigenvalue weighted by atomic mass is 10.2. The van der Waals surface area contributed by atoms with Crippen molar-refractivity contribution in [3.8, 4) is 23.0 Å². The van der Waals surface area contributed by atoms with Crippen LogP contribution in [0.25, 0.3) is 11.5 Å². The van der Waals surface area contributed by atoms with Crippen molar-refractivity contribution in [2.24, 2.45) is 0 Å². The average molecular weight is 221 g/mol. The van der Waals surface area contributed by atoms with Gasteiger partial charge in [-0.3, -0.25) is 0 Å². The van der Waals surface area contributed by atoms with Gasteiger partial charge in [0.1, 0.15) is 0 Å². The molecule has 0 spiro atoms. The Morgan fingerprint density at radius 1 is 1.25 bits per heavy atom. The van der Waals surface area contributed by atoms with E-state index in [-0.39, 0.29) is 17.4 Å². The van der Waals surface area contributed by atoms with E-state index in [0.717, 1.165) is 0 Å². The number of phenolic OH excluding ortho intramolecular Hbond substituents is 2. The summed E-state index contributed by atoms with van der Waals surface area (Å²) in [5, 5.41) is 22.6. The van der Waals surface area contributed by atoms with Crippen molar-refractivity contribution in [1.82, 2.24) is 10.1 Å². The van der Waals surface area contributed by atoms with Gasteiger partial charge in [-0.1, -0.05) is 6.07 Å². The van der Waals surface area contributed by atoms with Crippen LogP contribution in [0.5, 0.6) is 11.5 Å². The maximum atomic E-state index is 9.61. The zero-order valence-electron chi connectivity index (χ0n) is 8.88. The third kappa shape index (κ3) is 1.65. The van der Waals surface area contributed by atoms with Gasteiger partial charge in [0.25, 0.3) is 11.8 Å². The molecule has 0 amide bonds. The maximum absolute atomic E-state index is 9.61. The number of aromatic hydroxyl groups is 2. The lowest BCUT2D eigenvalue weighted by Crippen LogP contribution is -2.09. The molecule has 6 heteroatoms. The molecule has 16 heavy (non-hydrogen) atoms. The minimum absolute atomic E-state index is 0.164. The van der Waals surface area contributed by atoms with Crippen LogP contribution < -0.4 is 4.90 Å². The molecule has 0 aliphatic rings. The van der Waals surface area contributed by atoms with E-state index in [1.54, 1.807) is 31.1 Å². The molecular formula is C10H11N3O3. The topological polar surface area (TPSA) is 82.6 Å². The van der Waals surface area contributed by atoms with Crippen molar-refractivity contribution < 1.29 is 14.7 Å². The van der Waals surface area contributed by atoms with Gasteiger partial charge in [-0.15, -0.1) is 0 Å². The predicted molar refractivity (Wildman–Crippen MR) is 57.4 cm³/mol. The molecule has 2 rings (SSSR count). The van der Waals surface area contributed by atoms with Crippen molar-refractivity contribution in [2.75, 3.05) is 19.0 Å². The van der Waals surface area contributed by atoms with Crippen molar-refractivity contribution in [2.45, 2.75) is 0 Å². The Labute approximate surface area is 91.8 Å². The van der Waals surface area contributed by atoms with Crippen LogP contribution in [0.4, 0.5) is 5.95 Å². The number of phenols is 2. The van der Waals surface area contributed by atoms with Crippen LogP contribution in [-0.4, -0.2) is 34.4 Å². The van der Waals surface area contributed by atoms with Crippen molar-refractivity contribution in [3.05, 3.63) is 18.2 Å². The summed E-state index contributed by atoms with van der Waals surface area (Å²) in [5.74, 6) is 0.0772. The summed E-state index contributed by atoms with van der Waals surface area (Å²) in [6.45, 7) is 0. The zero-order valence-corrected chi connectivity index (χ0v) is 8.88. The second-order valence-corrected chi connectivity index (χ2v) is 3.47. The third-order valence-electron chi connectivity index (χ3n) is 2.06. The van der Waals surface area contributed by atoms with Gasteiger partial charge in [-0.05, 0) is 17.3 Å². The highest BCUT2D eigenvalue weighted by atomic mass is 16.5. The molecule has 0 aliphatic carbocycles. The van der Waals surface area contributed by atoms with E-state index in [2.05, 4.69) is 10.1 Å². The van der Waals surface area contributed by atoms with Gasteiger partial charge in [-0.25, -0.2) is 0 Å². The summed E-state index contributed by atoms with van der Waals surface area (Å²) in [7, 11) is 3.55. The highest BCUT2D eigenvalue weighted by Gasteiger charge is 2.15. The summed E-state index contributed by atoms with van der Waals surface area (Å²) in [5.41, 5.74) is 0.306. The van der Waals surface area contributed by atoms with E-state index in [9.17, 15) is 10.2 Å². The molecule has 0 saturated carbocycles. The fourth-order valence-electron chi connectivity index (χ4n) is 1.21. The van der Waals surface area contributed by atoms with E-state index in [1.807, 2.05) is 0 Å². The Bertz CT molecular complexity index is 508. The Kier molecular flexibility index (Phi) is 2.40. The lowest BCUT2D eigenvalue weighted by molar-refractivity contribution is 0.397. The number of hydrogen-bond donors (Lipinski definition) is 2. The first kappa shape index (κ1) is 10.3. The summed E-state index contributed by atoms with van der Waals surface area (Å²) < 4.78 is 4.97. The number of aromatic nitrogens is 2. The monoisotopic (exact) mass is 221 g/mol. The van der Waals surface area contributed by atoms with E-state index < -0.39 is 0 Å². The average Bonchev–Trinajstić information content (AvgIpc) is 2.71. The summed E-state index contributed by atoms with van der Waals surface area (Å²) in [4.78, 5) is 5.73. The van der Waals surface area contributed by atoms with Gasteiger partial charge >= 0.3 is 0 Å². The molecule has 1 heterocycles. The van der Waals surface area contributed by atoms with Gasteiger partial charge < -0.3 is 19.6 Å². The number of hydrogen-bond acceptors (Lipinski definition) is 6. The Hall–Kier alpha value is -2.24. The van der Waals surface area contributed by atoms with Crippen molar-refractivity contribution in [1.29, 1.82) is 0 Å². The molecule has 0 aliphatic heterocycles. The van der Waals surface area contributed by atoms with Crippen LogP contribution in [0.1, 0.15) is 0 Å². The highest BCUT2D eigenvalue weighted by molar-refractivity contribution is 5.67. The first-order chi connectivity index (χ1) is 7.59. The van der Waals surface area contributed by atoms with Crippen LogP contribution in [-0.2, 0) is 0 Å². The molecule has 2 aromatic rings. The number of para-hydroxylation sites is 1. The minimum atomic E-state index is -0.267. The molecule has 0 bridgehead atoms. The number of nitrogens with zero attached hydrogens (tertiary/aromatic N) is 3. The summed E-state index contributed by atoms with van der Waals surface area (Å²) in [6.07, 6.45) is 0. The molecule has 0 unspecified atom stereocenters. The van der Waals surface area contributed by atoms with E-state index in [4.69, 9.17) is 4.52 Å². The fraction of sp³-hybridized carbons (Fsp3) is 0.200. The number of anilines is 1. The number of benzene rings is 1. The molecule has 0 fully saturated rings. The van der Waals surface area contributed by atoms with Crippen LogP contribution in [0.2, 0.25) is 0 Å². The van der Waals surface area contributed by atoms with Crippen LogP contribution in [0.3, 0.4) is 0 Å². The second-order valence-electron chi connectivity index (χ2n) is 3.47. The highest BCUT2D eigenvalue weighted by Crippen LogP contribution is 2.35. The quantitative estimate of drug-likeness (QED) is 0.742. The molecule has 6 nitrogen and oxygen atoms in total. The molecular weight excluding hydrogens is 210 g/mol. The molecule has 1 aromatic carbocycles. The Balaban J connectivity index is 2.47. The summed E-state index contributed by atoms with van der Waals surface area (Å²) in [6, 6.07) is 4.55. The zero-order chi connectivity index (χ0) is 11.7. The molecule has 84 valence electrons. The second kappa shape index (κ2) is 3.73. The largest absolute Gasteiger partial charge is 0.504 e. The summed E-state index contributed by atoms with van der Waals surface area (Å²) >= 11 is 0. The fourth-order valence-corrected chi connectivity index (χ4v) is 1.21. The smallest absolute Gasteiger partial charge is 0.265 e. The van der Waals surface area contributed by atoms with Gasteiger partial charge in [0, 0.05) is 14.1 Å². The molecule has 0 saturated heterocycles. The Morgan fingerprint density at radius 2 is 2.00 bits per heavy atom. The molecule has 1 aromatic heterocycles. The van der Waals surface area contributed by atoms with Crippen LogP contribution >= 0.6 is 0 Å². The van der Waals surface area contributed by atoms with E-state index in [0.29, 0.717) is 11.5 Å². The van der Waals surface area contributed by atoms with Crippen LogP contribution in [0, 0.1) is 0 Å². The SMILES string of the molecule is CN(C)c1noc(-c2cccc(O)c2O)n1. The van der Waals surface area contributed by atoms with Crippen molar-refractivity contribution >= 4 is 5.95 Å². The van der Waals surface area contributed by atoms with Gasteiger partial charge in [0.05, 0.1) is 5.56 Å². The van der Waals surface area contributed by atoms with Gasteiger partial charge in [0.15, 0.2) is 11.5 Å². The molecule has 0 radical (unpaired) electrons. The lowest BCUT2D eigenvalue weighted by Gasteiger charge is -2.03. The van der Waals surface area contributed by atoms with Gasteiger partial charge in [0.2, 0.25) is 0 Å². The molecule has 0 atom stereocenters. The predicted octanol–water partition coefficient (Wildman–Crippen LogP) is 1.21. The van der Waals surface area contributed by atoms with Crippen molar-refractivity contribution in [3.63, 3.8) is 0 Å². The maximum Gasteiger partial charge on any atom is 0.265 e. The Morgan fingerprint density at radius 3 is 2.62 bits per heavy atom. The number of rotatable bonds is 2. The minimum Gasteiger partial charge on any atom is -0.504 e. The van der Waals surface area contributed by atoms with E-state index in [1.165, 1.54) is 6.07 Å². The normalized spacial score (nSPS) is 10.4. The standard InChI is InChI=1S/C10H11N3O3/c1-13(2)10-11-9(16-12-10)6-4-3-5-7(14)8(6)15/h3-5,14-15H,1-2H3.